The summed E-state index contributed by atoms with van der Waals surface area (Å²) in [5.41, 5.74) is 10.1. The quantitative estimate of drug-likeness (QED) is 0.421. The summed E-state index contributed by atoms with van der Waals surface area (Å²) < 4.78 is 7.10. The Kier molecular flexibility index (Phi) is 4.53. The third-order valence-corrected chi connectivity index (χ3v) is 4.74. The van der Waals surface area contributed by atoms with Gasteiger partial charge in [0.2, 0.25) is 0 Å². The molecule has 2 aromatic heterocycles. The number of nitrogens with two attached hydrogens (primary N) is 1. The SMILES string of the molecule is C=CCOC(=O)c1c(N)n([C@H](C)c2ccccc2)c2nc3ccccc3nc12. The number of hydrogen-bond acceptors (Lipinski definition) is 5. The highest BCUT2D eigenvalue weighted by molar-refractivity contribution is 6.08. The number of aromatic nitrogens is 3. The molecule has 0 unspecified atom stereocenters. The van der Waals surface area contributed by atoms with Gasteiger partial charge in [-0.15, -0.1) is 0 Å². The largest absolute Gasteiger partial charge is 0.458 e. The predicted octanol–water partition coefficient (Wildman–Crippen LogP) is 4.12. The molecule has 0 aliphatic heterocycles. The lowest BCUT2D eigenvalue weighted by Crippen LogP contribution is -2.13. The Balaban J connectivity index is 2.00. The molecule has 2 N–H and O–H groups in total. The fourth-order valence-electron chi connectivity index (χ4n) is 3.36. The number of carbonyl (C=O) groups is 1. The van der Waals surface area contributed by atoms with Crippen molar-refractivity contribution in [2.45, 2.75) is 13.0 Å². The van der Waals surface area contributed by atoms with E-state index in [9.17, 15) is 4.79 Å². The topological polar surface area (TPSA) is 83.0 Å². The van der Waals surface area contributed by atoms with E-state index in [0.29, 0.717) is 16.7 Å². The summed E-state index contributed by atoms with van der Waals surface area (Å²) in [4.78, 5) is 22.2. The van der Waals surface area contributed by atoms with E-state index in [1.54, 1.807) is 0 Å². The Bertz CT molecular complexity index is 1180. The summed E-state index contributed by atoms with van der Waals surface area (Å²) in [6, 6.07) is 17.3. The highest BCUT2D eigenvalue weighted by Crippen LogP contribution is 2.33. The van der Waals surface area contributed by atoms with Crippen molar-refractivity contribution in [1.29, 1.82) is 0 Å². The second-order valence-corrected chi connectivity index (χ2v) is 6.49. The first-order valence-electron chi connectivity index (χ1n) is 9.01. The van der Waals surface area contributed by atoms with E-state index in [4.69, 9.17) is 15.5 Å². The highest BCUT2D eigenvalue weighted by Gasteiger charge is 2.27. The summed E-state index contributed by atoms with van der Waals surface area (Å²) in [5.74, 6) is -0.248. The third-order valence-electron chi connectivity index (χ3n) is 4.74. The van der Waals surface area contributed by atoms with Gasteiger partial charge in [0, 0.05) is 0 Å². The Morgan fingerprint density at radius 1 is 1.14 bits per heavy atom. The first-order chi connectivity index (χ1) is 13.6. The number of anilines is 1. The van der Waals surface area contributed by atoms with Gasteiger partial charge in [0.05, 0.1) is 17.1 Å². The molecule has 0 fully saturated rings. The minimum absolute atomic E-state index is 0.0974. The molecule has 4 aromatic rings. The highest BCUT2D eigenvalue weighted by atomic mass is 16.5. The summed E-state index contributed by atoms with van der Waals surface area (Å²) in [6.07, 6.45) is 1.51. The van der Waals surface area contributed by atoms with Gasteiger partial charge < -0.3 is 15.0 Å². The molecule has 0 radical (unpaired) electrons. The minimum Gasteiger partial charge on any atom is -0.458 e. The first-order valence-corrected chi connectivity index (χ1v) is 9.01. The van der Waals surface area contributed by atoms with Gasteiger partial charge in [-0.1, -0.05) is 55.1 Å². The van der Waals surface area contributed by atoms with Gasteiger partial charge >= 0.3 is 5.97 Å². The number of nitrogen functional groups attached to an aromatic ring is 1. The summed E-state index contributed by atoms with van der Waals surface area (Å²) >= 11 is 0. The van der Waals surface area contributed by atoms with Crippen LogP contribution in [0.4, 0.5) is 5.82 Å². The third kappa shape index (κ3) is 2.89. The van der Waals surface area contributed by atoms with Crippen LogP contribution in [-0.4, -0.2) is 27.1 Å². The molecular formula is C22H20N4O2. The molecule has 0 spiro atoms. The number of fused-ring (bicyclic) bond motifs is 2. The molecule has 6 nitrogen and oxygen atoms in total. The Morgan fingerprint density at radius 3 is 2.46 bits per heavy atom. The number of nitrogens with zero attached hydrogens (tertiary/aromatic N) is 3. The van der Waals surface area contributed by atoms with Crippen molar-refractivity contribution in [2.24, 2.45) is 0 Å². The zero-order valence-corrected chi connectivity index (χ0v) is 15.5. The lowest BCUT2D eigenvalue weighted by Gasteiger charge is -2.17. The van der Waals surface area contributed by atoms with Crippen LogP contribution >= 0.6 is 0 Å². The molecule has 140 valence electrons. The van der Waals surface area contributed by atoms with Crippen molar-refractivity contribution in [2.75, 3.05) is 12.3 Å². The smallest absolute Gasteiger partial charge is 0.344 e. The lowest BCUT2D eigenvalue weighted by molar-refractivity contribution is 0.0553. The van der Waals surface area contributed by atoms with Crippen LogP contribution < -0.4 is 5.73 Å². The standard InChI is InChI=1S/C22H20N4O2/c1-3-13-28-22(27)18-19-21(25-17-12-8-7-11-16(17)24-19)26(20(18)23)14(2)15-9-5-4-6-10-15/h3-12,14H,1,13,23H2,2H3/t14-/m1/s1. The van der Waals surface area contributed by atoms with Crippen molar-refractivity contribution in [3.8, 4) is 0 Å². The number of benzene rings is 2. The molecule has 0 aliphatic rings. The molecule has 1 atom stereocenters. The van der Waals surface area contributed by atoms with E-state index in [0.717, 1.165) is 11.1 Å². The normalized spacial score (nSPS) is 12.2. The Labute approximate surface area is 162 Å². The van der Waals surface area contributed by atoms with E-state index in [-0.39, 0.29) is 24.0 Å². The molecule has 0 amide bonds. The van der Waals surface area contributed by atoms with E-state index >= 15 is 0 Å². The van der Waals surface area contributed by atoms with Crippen molar-refractivity contribution < 1.29 is 9.53 Å². The number of carbonyl (C=O) groups excluding carboxylic acids is 1. The van der Waals surface area contributed by atoms with Gasteiger partial charge in [-0.3, -0.25) is 0 Å². The molecule has 0 bridgehead atoms. The molecule has 28 heavy (non-hydrogen) atoms. The van der Waals surface area contributed by atoms with Crippen LogP contribution in [0.15, 0.2) is 67.3 Å². The summed E-state index contributed by atoms with van der Waals surface area (Å²) in [5, 5.41) is 0. The maximum atomic E-state index is 12.7. The number of para-hydroxylation sites is 2. The van der Waals surface area contributed by atoms with Crippen molar-refractivity contribution in [1.82, 2.24) is 14.5 Å². The van der Waals surface area contributed by atoms with Gasteiger partial charge in [0.15, 0.2) is 5.65 Å². The molecule has 0 saturated carbocycles. The summed E-state index contributed by atoms with van der Waals surface area (Å²) in [7, 11) is 0. The summed E-state index contributed by atoms with van der Waals surface area (Å²) in [6.45, 7) is 5.70. The predicted molar refractivity (Wildman–Crippen MR) is 110 cm³/mol. The maximum Gasteiger partial charge on any atom is 0.344 e. The average molecular weight is 372 g/mol. The van der Waals surface area contributed by atoms with E-state index in [1.807, 2.05) is 66.1 Å². The second-order valence-electron chi connectivity index (χ2n) is 6.49. The van der Waals surface area contributed by atoms with Crippen molar-refractivity contribution in [3.63, 3.8) is 0 Å². The van der Waals surface area contributed by atoms with Gasteiger partial charge in [0.25, 0.3) is 0 Å². The number of esters is 1. The molecule has 2 heterocycles. The van der Waals surface area contributed by atoms with Gasteiger partial charge in [0.1, 0.15) is 23.5 Å². The molecule has 0 saturated heterocycles. The van der Waals surface area contributed by atoms with Crippen molar-refractivity contribution >= 4 is 34.0 Å². The number of hydrogen-bond donors (Lipinski definition) is 1. The van der Waals surface area contributed by atoms with Gasteiger partial charge in [-0.05, 0) is 24.6 Å². The van der Waals surface area contributed by atoms with Crippen LogP contribution in [0.25, 0.3) is 22.2 Å². The monoisotopic (exact) mass is 372 g/mol. The molecule has 0 aliphatic carbocycles. The molecule has 2 aromatic carbocycles. The van der Waals surface area contributed by atoms with E-state index < -0.39 is 5.97 Å². The molecular weight excluding hydrogens is 352 g/mol. The molecule has 4 rings (SSSR count). The Hall–Kier alpha value is -3.67. The van der Waals surface area contributed by atoms with Crippen LogP contribution in [0, 0.1) is 0 Å². The molecule has 6 heteroatoms. The van der Waals surface area contributed by atoms with E-state index in [1.165, 1.54) is 6.08 Å². The van der Waals surface area contributed by atoms with Gasteiger partial charge in [-0.25, -0.2) is 14.8 Å². The van der Waals surface area contributed by atoms with Crippen LogP contribution in [0.3, 0.4) is 0 Å². The van der Waals surface area contributed by atoms with Crippen LogP contribution in [0.2, 0.25) is 0 Å². The minimum atomic E-state index is -0.536. The zero-order valence-electron chi connectivity index (χ0n) is 15.5. The van der Waals surface area contributed by atoms with Crippen LogP contribution in [0.5, 0.6) is 0 Å². The Morgan fingerprint density at radius 2 is 1.79 bits per heavy atom. The lowest BCUT2D eigenvalue weighted by atomic mass is 10.1. The van der Waals surface area contributed by atoms with Crippen LogP contribution in [-0.2, 0) is 4.74 Å². The average Bonchev–Trinajstić information content (AvgIpc) is 3.01. The fourth-order valence-corrected chi connectivity index (χ4v) is 3.36. The number of ether oxygens (including phenoxy) is 1. The fraction of sp³-hybridized carbons (Fsp3) is 0.136. The number of rotatable bonds is 5. The van der Waals surface area contributed by atoms with Crippen molar-refractivity contribution in [3.05, 3.63) is 78.4 Å². The van der Waals surface area contributed by atoms with E-state index in [2.05, 4.69) is 11.6 Å². The first kappa shape index (κ1) is 17.7. The maximum absolute atomic E-state index is 12.7. The van der Waals surface area contributed by atoms with Crippen LogP contribution in [0.1, 0.15) is 28.9 Å². The zero-order chi connectivity index (χ0) is 19.7. The van der Waals surface area contributed by atoms with Gasteiger partial charge in [-0.2, -0.15) is 0 Å². The second kappa shape index (κ2) is 7.15.